The van der Waals surface area contributed by atoms with Crippen molar-refractivity contribution in [3.05, 3.63) is 22.2 Å². The molecule has 0 saturated carbocycles. The van der Waals surface area contributed by atoms with Crippen LogP contribution in [0.1, 0.15) is 19.4 Å². The van der Waals surface area contributed by atoms with Gasteiger partial charge in [-0.2, -0.15) is 5.10 Å². The van der Waals surface area contributed by atoms with Gasteiger partial charge in [0.05, 0.1) is 5.69 Å². The molecule has 7 heteroatoms. The average Bonchev–Trinajstić information content (AvgIpc) is 2.50. The second-order valence-corrected chi connectivity index (χ2v) is 8.26. The van der Waals surface area contributed by atoms with Crippen molar-refractivity contribution in [2.24, 2.45) is 10.5 Å². The van der Waals surface area contributed by atoms with Crippen LogP contribution in [0.2, 0.25) is 0 Å². The van der Waals surface area contributed by atoms with E-state index in [1.165, 1.54) is 5.56 Å². The maximum atomic E-state index is 12.0. The van der Waals surface area contributed by atoms with Gasteiger partial charge in [0.2, 0.25) is 0 Å². The number of halogens is 1. The minimum Gasteiger partial charge on any atom is -0.483 e. The standard InChI is InChI=1S/C17H21BrN4O2/c1-10-16(23)20-19-15-7-24-14-5-12(18)11(4-13(14)22(10)15)6-17(2)8-21(3)9-17/h4-5,10H,6-9H2,1-3H3,(H,20,23)/t10-/m1/s1. The molecule has 4 rings (SSSR count). The van der Waals surface area contributed by atoms with Crippen molar-refractivity contribution in [2.75, 3.05) is 31.6 Å². The number of benzene rings is 1. The fourth-order valence-electron chi connectivity index (χ4n) is 4.05. The number of nitrogens with zero attached hydrogens (tertiary/aromatic N) is 3. The molecule has 3 heterocycles. The lowest BCUT2D eigenvalue weighted by molar-refractivity contribution is -0.122. The molecule has 3 aliphatic rings. The molecule has 1 N–H and O–H groups in total. The molecular formula is C17H21BrN4O2. The molecule has 3 aliphatic heterocycles. The molecule has 6 nitrogen and oxygen atoms in total. The van der Waals surface area contributed by atoms with Gasteiger partial charge in [-0.3, -0.25) is 4.79 Å². The maximum Gasteiger partial charge on any atom is 0.262 e. The summed E-state index contributed by atoms with van der Waals surface area (Å²) in [6.07, 6.45) is 0.992. The van der Waals surface area contributed by atoms with E-state index in [0.717, 1.165) is 41.3 Å². The first-order valence-corrected chi connectivity index (χ1v) is 8.95. The molecule has 1 aromatic rings. The van der Waals surface area contributed by atoms with Crippen LogP contribution in [0, 0.1) is 5.41 Å². The molecule has 1 saturated heterocycles. The zero-order chi connectivity index (χ0) is 17.1. The van der Waals surface area contributed by atoms with Crippen LogP contribution in [0.15, 0.2) is 21.7 Å². The van der Waals surface area contributed by atoms with Gasteiger partial charge in [0, 0.05) is 17.6 Å². The molecule has 128 valence electrons. The highest BCUT2D eigenvalue weighted by molar-refractivity contribution is 9.10. The molecular weight excluding hydrogens is 372 g/mol. The number of hydrogen-bond donors (Lipinski definition) is 1. The summed E-state index contributed by atoms with van der Waals surface area (Å²) in [5.74, 6) is 1.45. The summed E-state index contributed by atoms with van der Waals surface area (Å²) in [5.41, 5.74) is 5.03. The average molecular weight is 393 g/mol. The number of ether oxygens (including phenoxy) is 1. The molecule has 0 unspecified atom stereocenters. The van der Waals surface area contributed by atoms with E-state index in [9.17, 15) is 4.79 Å². The molecule has 1 aromatic carbocycles. The van der Waals surface area contributed by atoms with E-state index in [-0.39, 0.29) is 11.9 Å². The minimum absolute atomic E-state index is 0.0938. The Labute approximate surface area is 150 Å². The van der Waals surface area contributed by atoms with E-state index in [1.54, 1.807) is 0 Å². The van der Waals surface area contributed by atoms with Crippen molar-refractivity contribution in [3.63, 3.8) is 0 Å². The summed E-state index contributed by atoms with van der Waals surface area (Å²) < 4.78 is 6.90. The normalized spacial score (nSPS) is 25.0. The fourth-order valence-corrected chi connectivity index (χ4v) is 4.52. The molecule has 0 bridgehead atoms. The Hall–Kier alpha value is -1.60. The van der Waals surface area contributed by atoms with Crippen LogP contribution in [0.5, 0.6) is 5.75 Å². The van der Waals surface area contributed by atoms with Crippen LogP contribution in [0.25, 0.3) is 0 Å². The van der Waals surface area contributed by atoms with Crippen molar-refractivity contribution < 1.29 is 9.53 Å². The Kier molecular flexibility index (Phi) is 3.61. The van der Waals surface area contributed by atoms with Crippen LogP contribution >= 0.6 is 15.9 Å². The van der Waals surface area contributed by atoms with Gasteiger partial charge in [0.1, 0.15) is 18.4 Å². The van der Waals surface area contributed by atoms with Gasteiger partial charge < -0.3 is 14.5 Å². The first-order chi connectivity index (χ1) is 11.4. The van der Waals surface area contributed by atoms with E-state index in [1.807, 2.05) is 17.9 Å². The number of hydrazone groups is 1. The number of carbonyl (C=O) groups excluding carboxylic acids is 1. The van der Waals surface area contributed by atoms with Crippen LogP contribution < -0.4 is 15.1 Å². The van der Waals surface area contributed by atoms with E-state index in [0.29, 0.717) is 12.0 Å². The Morgan fingerprint density at radius 2 is 2.21 bits per heavy atom. The number of anilines is 1. The third kappa shape index (κ3) is 2.50. The zero-order valence-corrected chi connectivity index (χ0v) is 15.7. The first kappa shape index (κ1) is 15.9. The minimum atomic E-state index is -0.292. The molecule has 1 amide bonds. The molecule has 24 heavy (non-hydrogen) atoms. The van der Waals surface area contributed by atoms with E-state index >= 15 is 0 Å². The summed E-state index contributed by atoms with van der Waals surface area (Å²) in [6, 6.07) is 3.87. The van der Waals surface area contributed by atoms with Crippen molar-refractivity contribution in [1.29, 1.82) is 0 Å². The van der Waals surface area contributed by atoms with E-state index in [4.69, 9.17) is 4.74 Å². The van der Waals surface area contributed by atoms with Gasteiger partial charge in [-0.25, -0.2) is 5.43 Å². The number of amides is 1. The molecule has 1 fully saturated rings. The van der Waals surface area contributed by atoms with Crippen LogP contribution in [-0.4, -0.2) is 49.4 Å². The van der Waals surface area contributed by atoms with Crippen molar-refractivity contribution >= 4 is 33.4 Å². The van der Waals surface area contributed by atoms with Crippen LogP contribution in [-0.2, 0) is 11.2 Å². The number of carbonyl (C=O) groups is 1. The Morgan fingerprint density at radius 3 is 2.92 bits per heavy atom. The van der Waals surface area contributed by atoms with Crippen LogP contribution in [0.3, 0.4) is 0 Å². The van der Waals surface area contributed by atoms with Crippen molar-refractivity contribution in [2.45, 2.75) is 26.3 Å². The molecule has 0 spiro atoms. The van der Waals surface area contributed by atoms with Gasteiger partial charge in [-0.05, 0) is 43.5 Å². The Bertz CT molecular complexity index is 742. The third-order valence-electron chi connectivity index (χ3n) is 5.00. The molecule has 1 atom stereocenters. The number of hydrogen-bond acceptors (Lipinski definition) is 5. The number of likely N-dealkylation sites (tertiary alicyclic amines) is 1. The predicted molar refractivity (Wildman–Crippen MR) is 96.5 cm³/mol. The molecule has 0 radical (unpaired) electrons. The van der Waals surface area contributed by atoms with E-state index in [2.05, 4.69) is 51.4 Å². The van der Waals surface area contributed by atoms with Gasteiger partial charge >= 0.3 is 0 Å². The topological polar surface area (TPSA) is 57.2 Å². The number of fused-ring (bicyclic) bond motifs is 3. The van der Waals surface area contributed by atoms with E-state index < -0.39 is 0 Å². The number of rotatable bonds is 2. The third-order valence-corrected chi connectivity index (χ3v) is 5.74. The second-order valence-electron chi connectivity index (χ2n) is 7.41. The summed E-state index contributed by atoms with van der Waals surface area (Å²) >= 11 is 3.69. The highest BCUT2D eigenvalue weighted by Crippen LogP contribution is 2.42. The Morgan fingerprint density at radius 1 is 1.46 bits per heavy atom. The summed E-state index contributed by atoms with van der Waals surface area (Å²) in [4.78, 5) is 16.3. The van der Waals surface area contributed by atoms with Gasteiger partial charge in [0.25, 0.3) is 5.91 Å². The Balaban J connectivity index is 1.71. The maximum absolute atomic E-state index is 12.0. The molecule has 0 aromatic heterocycles. The lowest BCUT2D eigenvalue weighted by atomic mass is 9.77. The number of nitrogens with one attached hydrogen (secondary N) is 1. The number of amidine groups is 1. The monoisotopic (exact) mass is 392 g/mol. The van der Waals surface area contributed by atoms with Gasteiger partial charge in [0.15, 0.2) is 5.84 Å². The van der Waals surface area contributed by atoms with Gasteiger partial charge in [-0.15, -0.1) is 0 Å². The smallest absolute Gasteiger partial charge is 0.262 e. The zero-order valence-electron chi connectivity index (χ0n) is 14.1. The summed E-state index contributed by atoms with van der Waals surface area (Å²) in [7, 11) is 2.15. The van der Waals surface area contributed by atoms with Crippen molar-refractivity contribution in [1.82, 2.24) is 10.3 Å². The summed E-state index contributed by atoms with van der Waals surface area (Å²) in [5, 5.41) is 4.15. The quantitative estimate of drug-likeness (QED) is 0.835. The predicted octanol–water partition coefficient (Wildman–Crippen LogP) is 1.97. The SMILES string of the molecule is C[C@@H]1C(=O)NN=C2COc3cc(Br)c(CC4(C)CN(C)C4)cc3N21. The van der Waals surface area contributed by atoms with Crippen molar-refractivity contribution in [3.8, 4) is 5.75 Å². The second kappa shape index (κ2) is 5.46. The fraction of sp³-hybridized carbons (Fsp3) is 0.529. The van der Waals surface area contributed by atoms with Crippen LogP contribution in [0.4, 0.5) is 5.69 Å². The summed E-state index contributed by atoms with van der Waals surface area (Å²) in [6.45, 7) is 6.78. The molecule has 0 aliphatic carbocycles. The highest BCUT2D eigenvalue weighted by Gasteiger charge is 2.39. The van der Waals surface area contributed by atoms with Gasteiger partial charge in [-0.1, -0.05) is 22.9 Å². The lowest BCUT2D eigenvalue weighted by Crippen LogP contribution is -2.55. The first-order valence-electron chi connectivity index (χ1n) is 8.16. The largest absolute Gasteiger partial charge is 0.483 e. The highest BCUT2D eigenvalue weighted by atomic mass is 79.9. The lowest BCUT2D eigenvalue weighted by Gasteiger charge is -2.47.